The zero-order chi connectivity index (χ0) is 26.2. The highest BCUT2D eigenvalue weighted by atomic mass is 32.1. The van der Waals surface area contributed by atoms with Crippen LogP contribution in [-0.2, 0) is 32.0 Å². The number of methoxy groups -OCH3 is 1. The van der Waals surface area contributed by atoms with Crippen molar-refractivity contribution in [1.82, 2.24) is 5.32 Å². The molecule has 1 fully saturated rings. The van der Waals surface area contributed by atoms with Gasteiger partial charge < -0.3 is 14.2 Å². The fourth-order valence-corrected chi connectivity index (χ4v) is 3.94. The highest BCUT2D eigenvalue weighted by Crippen LogP contribution is 2.35. The van der Waals surface area contributed by atoms with Crippen molar-refractivity contribution in [2.45, 2.75) is 26.7 Å². The Balaban J connectivity index is 1.99. The van der Waals surface area contributed by atoms with Crippen molar-refractivity contribution in [2.75, 3.05) is 25.2 Å². The number of rotatable bonds is 10. The molecule has 0 spiro atoms. The van der Waals surface area contributed by atoms with Crippen LogP contribution in [0.15, 0.2) is 54.6 Å². The van der Waals surface area contributed by atoms with Crippen LogP contribution < -0.4 is 19.7 Å². The summed E-state index contributed by atoms with van der Waals surface area (Å²) in [7, 11) is 1.46. The fraction of sp³-hybridized carbons (Fsp3) is 0.259. The summed E-state index contributed by atoms with van der Waals surface area (Å²) in [5, 5.41) is 2.60. The van der Waals surface area contributed by atoms with Crippen LogP contribution in [0.3, 0.4) is 0 Å². The lowest BCUT2D eigenvalue weighted by atomic mass is 10.0. The van der Waals surface area contributed by atoms with Gasteiger partial charge in [0.05, 0.1) is 19.4 Å². The Bertz CT molecular complexity index is 1220. The van der Waals surface area contributed by atoms with E-state index in [-0.39, 0.29) is 23.9 Å². The number of allylic oxidation sites excluding steroid dienone is 1. The van der Waals surface area contributed by atoms with Crippen LogP contribution in [0.1, 0.15) is 30.5 Å². The Morgan fingerprint density at radius 1 is 1.17 bits per heavy atom. The molecule has 36 heavy (non-hydrogen) atoms. The largest absolute Gasteiger partial charge is 0.493 e. The molecule has 0 radical (unpaired) electrons. The number of thiocarbonyl (C=S) groups is 1. The number of anilines is 1. The molecule has 1 aliphatic rings. The summed E-state index contributed by atoms with van der Waals surface area (Å²) >= 11 is 5.28. The van der Waals surface area contributed by atoms with Crippen LogP contribution >= 0.6 is 12.2 Å². The van der Waals surface area contributed by atoms with E-state index in [2.05, 4.69) is 11.9 Å². The Morgan fingerprint density at radius 3 is 2.50 bits per heavy atom. The van der Waals surface area contributed by atoms with E-state index in [1.165, 1.54) is 18.1 Å². The molecule has 0 atom stereocenters. The minimum Gasteiger partial charge on any atom is -0.493 e. The quantitative estimate of drug-likeness (QED) is 0.172. The molecule has 2 aromatic rings. The first-order chi connectivity index (χ1) is 17.3. The van der Waals surface area contributed by atoms with Gasteiger partial charge in [0.2, 0.25) is 0 Å². The van der Waals surface area contributed by atoms with E-state index in [1.807, 2.05) is 19.1 Å². The van der Waals surface area contributed by atoms with Gasteiger partial charge in [-0.3, -0.25) is 19.8 Å². The van der Waals surface area contributed by atoms with Crippen molar-refractivity contribution in [3.8, 4) is 11.5 Å². The molecule has 1 heterocycles. The second-order valence-corrected chi connectivity index (χ2v) is 8.16. The Labute approximate surface area is 215 Å². The van der Waals surface area contributed by atoms with Crippen molar-refractivity contribution in [3.05, 3.63) is 71.3 Å². The van der Waals surface area contributed by atoms with E-state index in [0.29, 0.717) is 34.7 Å². The molecule has 1 N–H and O–H groups in total. The second-order valence-electron chi connectivity index (χ2n) is 7.78. The van der Waals surface area contributed by atoms with Crippen LogP contribution in [0.2, 0.25) is 0 Å². The third kappa shape index (κ3) is 5.98. The van der Waals surface area contributed by atoms with Crippen LogP contribution in [-0.4, -0.2) is 43.2 Å². The molecule has 188 valence electrons. The highest BCUT2D eigenvalue weighted by Gasteiger charge is 2.34. The number of hydrogen-bond donors (Lipinski definition) is 1. The van der Waals surface area contributed by atoms with Gasteiger partial charge in [-0.2, -0.15) is 0 Å². The van der Waals surface area contributed by atoms with Crippen molar-refractivity contribution in [3.63, 3.8) is 0 Å². The van der Waals surface area contributed by atoms with E-state index < -0.39 is 17.8 Å². The Morgan fingerprint density at radius 2 is 1.89 bits per heavy atom. The first kappa shape index (κ1) is 26.6. The monoisotopic (exact) mass is 508 g/mol. The van der Waals surface area contributed by atoms with Crippen LogP contribution in [0.4, 0.5) is 5.69 Å². The first-order valence-corrected chi connectivity index (χ1v) is 11.8. The number of hydrogen-bond acceptors (Lipinski definition) is 7. The summed E-state index contributed by atoms with van der Waals surface area (Å²) in [5.74, 6) is -0.969. The van der Waals surface area contributed by atoms with Crippen LogP contribution in [0.25, 0.3) is 6.08 Å². The SMILES string of the molecule is C=CCc1cc(/C=C2\C(=O)NC(=S)N(c3ccc(CC)cc3)C2=O)cc(OC)c1OCC(=O)OCC. The van der Waals surface area contributed by atoms with E-state index >= 15 is 0 Å². The molecule has 0 saturated carbocycles. The summed E-state index contributed by atoms with van der Waals surface area (Å²) < 4.78 is 16.1. The number of aryl methyl sites for hydroxylation is 1. The average Bonchev–Trinajstić information content (AvgIpc) is 2.86. The normalized spacial score (nSPS) is 14.5. The van der Waals surface area contributed by atoms with E-state index in [4.69, 9.17) is 26.4 Å². The number of carbonyl (C=O) groups is 3. The van der Waals surface area contributed by atoms with Gasteiger partial charge >= 0.3 is 5.97 Å². The van der Waals surface area contributed by atoms with Crippen LogP contribution in [0, 0.1) is 0 Å². The maximum Gasteiger partial charge on any atom is 0.344 e. The number of nitrogens with one attached hydrogen (secondary N) is 1. The third-order valence-corrected chi connectivity index (χ3v) is 5.68. The lowest BCUT2D eigenvalue weighted by Crippen LogP contribution is -2.54. The van der Waals surface area contributed by atoms with Gasteiger partial charge in [-0.1, -0.05) is 25.1 Å². The van der Waals surface area contributed by atoms with Gasteiger partial charge in [-0.15, -0.1) is 6.58 Å². The maximum atomic E-state index is 13.4. The van der Waals surface area contributed by atoms with Crippen molar-refractivity contribution >= 4 is 46.9 Å². The maximum absolute atomic E-state index is 13.4. The Kier molecular flexibility index (Phi) is 8.97. The van der Waals surface area contributed by atoms with Gasteiger partial charge in [-0.25, -0.2) is 4.79 Å². The number of benzene rings is 2. The molecule has 1 saturated heterocycles. The minimum atomic E-state index is -0.599. The molecule has 0 aliphatic carbocycles. The lowest BCUT2D eigenvalue weighted by molar-refractivity contribution is -0.145. The molecular formula is C27H28N2O6S. The van der Waals surface area contributed by atoms with E-state index in [1.54, 1.807) is 37.3 Å². The van der Waals surface area contributed by atoms with Crippen molar-refractivity contribution in [2.24, 2.45) is 0 Å². The molecule has 1 aliphatic heterocycles. The third-order valence-electron chi connectivity index (χ3n) is 5.39. The standard InChI is InChI=1S/C27H28N2O6S/c1-5-8-19-13-18(15-22(33-4)24(19)35-16-23(30)34-7-3)14-21-25(31)28-27(36)29(26(21)32)20-11-9-17(6-2)10-12-20/h5,9-15H,1,6-8,16H2,2-4H3,(H,28,31,36)/b21-14+. The molecule has 3 rings (SSSR count). The number of ether oxygens (including phenoxy) is 3. The average molecular weight is 509 g/mol. The Hall–Kier alpha value is -3.98. The number of carbonyl (C=O) groups excluding carboxylic acids is 3. The number of nitrogens with zero attached hydrogens (tertiary/aromatic N) is 1. The van der Waals surface area contributed by atoms with Crippen LogP contribution in [0.5, 0.6) is 11.5 Å². The molecule has 0 bridgehead atoms. The predicted molar refractivity (Wildman–Crippen MR) is 141 cm³/mol. The second kappa shape index (κ2) is 12.1. The fourth-order valence-electron chi connectivity index (χ4n) is 3.66. The number of amides is 2. The summed E-state index contributed by atoms with van der Waals surface area (Å²) in [6.07, 6.45) is 4.39. The van der Waals surface area contributed by atoms with E-state index in [9.17, 15) is 14.4 Å². The van der Waals surface area contributed by atoms with Gasteiger partial charge in [0.15, 0.2) is 23.2 Å². The van der Waals surface area contributed by atoms with Crippen molar-refractivity contribution in [1.29, 1.82) is 0 Å². The molecular weight excluding hydrogens is 480 g/mol. The predicted octanol–water partition coefficient (Wildman–Crippen LogP) is 3.76. The first-order valence-electron chi connectivity index (χ1n) is 11.4. The summed E-state index contributed by atoms with van der Waals surface area (Å²) in [6.45, 7) is 7.46. The molecule has 0 unspecified atom stereocenters. The number of esters is 1. The zero-order valence-corrected chi connectivity index (χ0v) is 21.3. The molecule has 9 heteroatoms. The van der Waals surface area contributed by atoms with Gasteiger partial charge in [0.25, 0.3) is 11.8 Å². The lowest BCUT2D eigenvalue weighted by Gasteiger charge is -2.29. The zero-order valence-electron chi connectivity index (χ0n) is 20.5. The van der Waals surface area contributed by atoms with Crippen molar-refractivity contribution < 1.29 is 28.6 Å². The highest BCUT2D eigenvalue weighted by molar-refractivity contribution is 7.80. The van der Waals surface area contributed by atoms with E-state index in [0.717, 1.165) is 12.0 Å². The topological polar surface area (TPSA) is 94.2 Å². The minimum absolute atomic E-state index is 0.0130. The smallest absolute Gasteiger partial charge is 0.344 e. The van der Waals surface area contributed by atoms with Gasteiger partial charge in [0.1, 0.15) is 5.57 Å². The summed E-state index contributed by atoms with van der Waals surface area (Å²) in [4.78, 5) is 39.2. The molecule has 2 aromatic carbocycles. The molecule has 0 aromatic heterocycles. The molecule has 8 nitrogen and oxygen atoms in total. The summed E-state index contributed by atoms with van der Waals surface area (Å²) in [6, 6.07) is 10.8. The molecule has 2 amide bonds. The summed E-state index contributed by atoms with van der Waals surface area (Å²) in [5.41, 5.74) is 2.77. The van der Waals surface area contributed by atoms with Gasteiger partial charge in [-0.05, 0) is 73.5 Å². The van der Waals surface area contributed by atoms with Gasteiger partial charge in [0, 0.05) is 5.56 Å².